The van der Waals surface area contributed by atoms with Gasteiger partial charge in [0.05, 0.1) is 11.7 Å². The van der Waals surface area contributed by atoms with E-state index in [1.807, 2.05) is 12.1 Å². The van der Waals surface area contributed by atoms with Gasteiger partial charge in [0, 0.05) is 68.7 Å². The van der Waals surface area contributed by atoms with Crippen molar-refractivity contribution in [1.29, 1.82) is 0 Å². The minimum absolute atomic E-state index is 0.222. The number of hydrogen-bond acceptors (Lipinski definition) is 7. The number of anilines is 1. The Morgan fingerprint density at radius 1 is 1.21 bits per heavy atom. The molecule has 3 aliphatic rings. The van der Waals surface area contributed by atoms with E-state index >= 15 is 0 Å². The van der Waals surface area contributed by atoms with E-state index in [2.05, 4.69) is 26.0 Å². The van der Waals surface area contributed by atoms with E-state index in [9.17, 15) is 19.1 Å². The van der Waals surface area contributed by atoms with Crippen LogP contribution < -0.4 is 10.2 Å². The Bertz CT molecular complexity index is 1150. The average Bonchev–Trinajstić information content (AvgIpc) is 3.15. The van der Waals surface area contributed by atoms with Gasteiger partial charge < -0.3 is 10.0 Å². The molecule has 1 aromatic heterocycles. The van der Waals surface area contributed by atoms with Crippen molar-refractivity contribution in [2.45, 2.75) is 38.2 Å². The lowest BCUT2D eigenvalue weighted by atomic mass is 10.0. The van der Waals surface area contributed by atoms with Gasteiger partial charge in [0.15, 0.2) is 0 Å². The number of piperazine rings is 1. The van der Waals surface area contributed by atoms with Gasteiger partial charge in [-0.05, 0) is 36.2 Å². The summed E-state index contributed by atoms with van der Waals surface area (Å²) >= 11 is 0. The number of nitrogens with zero attached hydrogens (tertiary/aromatic N) is 4. The predicted octanol–water partition coefficient (Wildman–Crippen LogP) is 1.14. The molecular weight excluding hydrogens is 437 g/mol. The lowest BCUT2D eigenvalue weighted by Gasteiger charge is -2.37. The van der Waals surface area contributed by atoms with Gasteiger partial charge in [-0.15, -0.1) is 6.42 Å². The first-order valence-electron chi connectivity index (χ1n) is 11.4. The van der Waals surface area contributed by atoms with Crippen LogP contribution in [0, 0.1) is 18.2 Å². The molecule has 2 atom stereocenters. The van der Waals surface area contributed by atoms with Crippen molar-refractivity contribution < 1.29 is 19.1 Å². The highest BCUT2D eigenvalue weighted by Gasteiger charge is 2.41. The van der Waals surface area contributed by atoms with Crippen LogP contribution >= 0.6 is 0 Å². The number of carbonyl (C=O) groups is 2. The second-order valence-electron chi connectivity index (χ2n) is 8.95. The molecule has 34 heavy (non-hydrogen) atoms. The molecule has 5 rings (SSSR count). The van der Waals surface area contributed by atoms with Crippen LogP contribution in [-0.4, -0.2) is 63.9 Å². The lowest BCUT2D eigenvalue weighted by molar-refractivity contribution is -0.141. The first-order valence-corrected chi connectivity index (χ1v) is 11.4. The zero-order valence-corrected chi connectivity index (χ0v) is 18.7. The van der Waals surface area contributed by atoms with Crippen molar-refractivity contribution in [2.75, 3.05) is 31.1 Å². The van der Waals surface area contributed by atoms with Crippen molar-refractivity contribution in [3.63, 3.8) is 0 Å². The van der Waals surface area contributed by atoms with E-state index in [0.717, 1.165) is 35.6 Å². The molecule has 2 fully saturated rings. The fourth-order valence-corrected chi connectivity index (χ4v) is 5.03. The molecule has 2 unspecified atom stereocenters. The highest BCUT2D eigenvalue weighted by molar-refractivity contribution is 6.00. The minimum atomic E-state index is -1.09. The van der Waals surface area contributed by atoms with Gasteiger partial charge in [-0.2, -0.15) is 0 Å². The number of imide groups is 1. The van der Waals surface area contributed by atoms with E-state index in [1.54, 1.807) is 11.1 Å². The summed E-state index contributed by atoms with van der Waals surface area (Å²) in [6, 6.07) is 6.05. The van der Waals surface area contributed by atoms with Crippen molar-refractivity contribution in [3.8, 4) is 12.3 Å². The third-order valence-electron chi connectivity index (χ3n) is 6.86. The van der Waals surface area contributed by atoms with Crippen LogP contribution in [0.5, 0.6) is 0 Å². The SMILES string of the molecule is C#Cc1ccc(CN2CCN(c3cc(F)cc4c3CN(C3CCC(=O)NC3=O)C4O)CC2)nc1. The molecule has 0 saturated carbocycles. The number of carbonyl (C=O) groups excluding carboxylic acids is 2. The zero-order chi connectivity index (χ0) is 23.8. The molecule has 0 bridgehead atoms. The summed E-state index contributed by atoms with van der Waals surface area (Å²) in [5.41, 5.74) is 3.77. The van der Waals surface area contributed by atoms with E-state index < -0.39 is 24.0 Å². The maximum absolute atomic E-state index is 14.6. The summed E-state index contributed by atoms with van der Waals surface area (Å²) in [5.74, 6) is 1.43. The van der Waals surface area contributed by atoms with Crippen molar-refractivity contribution >= 4 is 17.5 Å². The van der Waals surface area contributed by atoms with Gasteiger partial charge in [0.25, 0.3) is 0 Å². The maximum atomic E-state index is 14.6. The summed E-state index contributed by atoms with van der Waals surface area (Å²) in [7, 11) is 0. The van der Waals surface area contributed by atoms with Crippen molar-refractivity contribution in [1.82, 2.24) is 20.1 Å². The van der Waals surface area contributed by atoms with Gasteiger partial charge >= 0.3 is 0 Å². The molecule has 0 spiro atoms. The number of hydrogen-bond donors (Lipinski definition) is 2. The van der Waals surface area contributed by atoms with Crippen molar-refractivity contribution in [3.05, 3.63) is 58.7 Å². The molecule has 0 radical (unpaired) electrons. The van der Waals surface area contributed by atoms with E-state index in [1.165, 1.54) is 12.1 Å². The summed E-state index contributed by atoms with van der Waals surface area (Å²) < 4.78 is 14.6. The summed E-state index contributed by atoms with van der Waals surface area (Å²) in [4.78, 5) is 34.4. The molecule has 2 amide bonds. The second kappa shape index (κ2) is 9.14. The number of benzene rings is 1. The normalized spacial score (nSPS) is 23.5. The molecule has 2 N–H and O–H groups in total. The van der Waals surface area contributed by atoms with Crippen LogP contribution in [0.1, 0.15) is 41.5 Å². The van der Waals surface area contributed by atoms with Crippen LogP contribution in [-0.2, 0) is 22.7 Å². The molecule has 1 aromatic carbocycles. The smallest absolute Gasteiger partial charge is 0.244 e. The van der Waals surface area contributed by atoms with Gasteiger partial charge in [0.2, 0.25) is 11.8 Å². The Hall–Kier alpha value is -3.32. The van der Waals surface area contributed by atoms with Crippen LogP contribution in [0.2, 0.25) is 0 Å². The van der Waals surface area contributed by atoms with E-state index in [4.69, 9.17) is 6.42 Å². The lowest BCUT2D eigenvalue weighted by Crippen LogP contribution is -2.51. The fourth-order valence-electron chi connectivity index (χ4n) is 5.03. The number of pyridine rings is 1. The Labute approximate surface area is 197 Å². The van der Waals surface area contributed by atoms with Gasteiger partial charge in [-0.3, -0.25) is 29.7 Å². The number of aliphatic hydroxyl groups is 1. The predicted molar refractivity (Wildman–Crippen MR) is 123 cm³/mol. The molecule has 0 aliphatic carbocycles. The number of aromatic nitrogens is 1. The number of fused-ring (bicyclic) bond motifs is 1. The Balaban J connectivity index is 1.29. The molecule has 2 aromatic rings. The largest absolute Gasteiger partial charge is 0.374 e. The van der Waals surface area contributed by atoms with Crippen LogP contribution in [0.4, 0.5) is 10.1 Å². The number of amides is 2. The molecule has 3 aliphatic heterocycles. The van der Waals surface area contributed by atoms with E-state index in [0.29, 0.717) is 38.2 Å². The molecule has 176 valence electrons. The van der Waals surface area contributed by atoms with Gasteiger partial charge in [0.1, 0.15) is 12.0 Å². The summed E-state index contributed by atoms with van der Waals surface area (Å²) in [6.45, 7) is 4.00. The first kappa shape index (κ1) is 22.5. The molecule has 9 heteroatoms. The van der Waals surface area contributed by atoms with Crippen LogP contribution in [0.15, 0.2) is 30.5 Å². The monoisotopic (exact) mass is 463 g/mol. The molecule has 2 saturated heterocycles. The highest BCUT2D eigenvalue weighted by Crippen LogP contribution is 2.41. The van der Waals surface area contributed by atoms with Gasteiger partial charge in [-0.25, -0.2) is 4.39 Å². The Morgan fingerprint density at radius 2 is 2.00 bits per heavy atom. The second-order valence-corrected chi connectivity index (χ2v) is 8.95. The van der Waals surface area contributed by atoms with Crippen molar-refractivity contribution in [2.24, 2.45) is 0 Å². The maximum Gasteiger partial charge on any atom is 0.244 e. The summed E-state index contributed by atoms with van der Waals surface area (Å²) in [6.07, 6.45) is 6.55. The Kier molecular flexibility index (Phi) is 6.04. The quantitative estimate of drug-likeness (QED) is 0.519. The van der Waals surface area contributed by atoms with Crippen LogP contribution in [0.3, 0.4) is 0 Å². The number of aliphatic hydroxyl groups excluding tert-OH is 1. The highest BCUT2D eigenvalue weighted by atomic mass is 19.1. The standard InChI is InChI=1S/C25H26FN5O3/c1-2-16-3-4-18(27-13-16)14-29-7-9-30(10-8-29)22-12-17(26)11-19-20(22)15-31(25(19)34)21-5-6-23(32)28-24(21)33/h1,3-4,11-13,21,25,34H,5-10,14-15H2,(H,28,32,33). The zero-order valence-electron chi connectivity index (χ0n) is 18.7. The first-order chi connectivity index (χ1) is 16.4. The number of halogens is 1. The third-order valence-corrected chi connectivity index (χ3v) is 6.86. The van der Waals surface area contributed by atoms with Gasteiger partial charge in [-0.1, -0.05) is 5.92 Å². The molecular formula is C25H26FN5O3. The number of nitrogens with one attached hydrogen (secondary N) is 1. The molecule has 8 nitrogen and oxygen atoms in total. The average molecular weight is 464 g/mol. The number of terminal acetylenes is 1. The topological polar surface area (TPSA) is 89.0 Å². The minimum Gasteiger partial charge on any atom is -0.374 e. The van der Waals surface area contributed by atoms with E-state index in [-0.39, 0.29) is 12.3 Å². The summed E-state index contributed by atoms with van der Waals surface area (Å²) in [5, 5.41) is 13.3. The third kappa shape index (κ3) is 4.28. The number of rotatable bonds is 4. The fraction of sp³-hybridized carbons (Fsp3) is 0.400. The van der Waals surface area contributed by atoms with Crippen LogP contribution in [0.25, 0.3) is 0 Å². The molecule has 4 heterocycles. The number of piperidine rings is 1. The Morgan fingerprint density at radius 3 is 2.68 bits per heavy atom.